The van der Waals surface area contributed by atoms with Crippen LogP contribution in [0.25, 0.3) is 0 Å². The van der Waals surface area contributed by atoms with Crippen LogP contribution < -0.4 is 5.32 Å². The zero-order chi connectivity index (χ0) is 15.9. The van der Waals surface area contributed by atoms with E-state index in [0.29, 0.717) is 50.4 Å². The molecule has 1 aromatic rings. The van der Waals surface area contributed by atoms with Crippen molar-refractivity contribution in [2.45, 2.75) is 46.2 Å². The Balaban J connectivity index is 1.87. The number of nitrogens with one attached hydrogen (secondary N) is 1. The number of hydrogen-bond acceptors (Lipinski definition) is 6. The number of carbonyl (C=O) groups is 1. The van der Waals surface area contributed by atoms with Gasteiger partial charge in [-0.15, -0.1) is 0 Å². The van der Waals surface area contributed by atoms with Crippen LogP contribution in [-0.2, 0) is 22.5 Å². The maximum Gasteiger partial charge on any atom is 0.226 e. The van der Waals surface area contributed by atoms with E-state index in [1.807, 2.05) is 6.92 Å². The van der Waals surface area contributed by atoms with Gasteiger partial charge in [-0.05, 0) is 12.8 Å². The van der Waals surface area contributed by atoms with Crippen molar-refractivity contribution in [3.8, 4) is 0 Å². The lowest BCUT2D eigenvalue weighted by Crippen LogP contribution is -2.45. The van der Waals surface area contributed by atoms with Gasteiger partial charge in [-0.3, -0.25) is 4.79 Å². The molecule has 0 bridgehead atoms. The molecular weight excluding hydrogens is 284 g/mol. The van der Waals surface area contributed by atoms with Gasteiger partial charge < -0.3 is 19.5 Å². The molecule has 1 unspecified atom stereocenters. The Morgan fingerprint density at radius 1 is 1.50 bits per heavy atom. The Morgan fingerprint density at radius 2 is 2.32 bits per heavy atom. The fourth-order valence-corrected chi connectivity index (χ4v) is 2.42. The lowest BCUT2D eigenvalue weighted by atomic mass is 10.1. The van der Waals surface area contributed by atoms with Crippen molar-refractivity contribution in [1.29, 1.82) is 0 Å². The minimum Gasteiger partial charge on any atom is -0.378 e. The number of rotatable bonds is 7. The highest BCUT2D eigenvalue weighted by Gasteiger charge is 2.21. The van der Waals surface area contributed by atoms with E-state index >= 15 is 0 Å². The summed E-state index contributed by atoms with van der Waals surface area (Å²) in [5.74, 6) is 1.75. The molecule has 124 valence electrons. The van der Waals surface area contributed by atoms with E-state index in [-0.39, 0.29) is 11.9 Å². The number of nitrogens with zero attached hydrogens (tertiary/aromatic N) is 3. The maximum absolute atomic E-state index is 12.4. The normalized spacial score (nSPS) is 18.6. The molecule has 1 atom stereocenters. The van der Waals surface area contributed by atoms with Gasteiger partial charge in [0.15, 0.2) is 5.82 Å². The molecule has 7 nitrogen and oxygen atoms in total. The first-order valence-corrected chi connectivity index (χ1v) is 7.98. The number of hydrogen-bond donors (Lipinski definition) is 1. The van der Waals surface area contributed by atoms with Crippen LogP contribution in [0.5, 0.6) is 0 Å². The Kier molecular flexibility index (Phi) is 6.33. The third-order valence-corrected chi connectivity index (χ3v) is 3.58. The molecule has 1 aliphatic heterocycles. The zero-order valence-electron chi connectivity index (χ0n) is 13.7. The first-order valence-electron chi connectivity index (χ1n) is 7.98. The van der Waals surface area contributed by atoms with Crippen molar-refractivity contribution in [2.24, 2.45) is 5.92 Å². The van der Waals surface area contributed by atoms with Crippen molar-refractivity contribution in [1.82, 2.24) is 20.4 Å². The topological polar surface area (TPSA) is 80.5 Å². The third-order valence-electron chi connectivity index (χ3n) is 3.58. The van der Waals surface area contributed by atoms with Crippen molar-refractivity contribution in [3.63, 3.8) is 0 Å². The van der Waals surface area contributed by atoms with Crippen LogP contribution in [0.2, 0.25) is 0 Å². The molecule has 1 aliphatic rings. The average molecular weight is 310 g/mol. The molecule has 7 heteroatoms. The Morgan fingerprint density at radius 3 is 2.95 bits per heavy atom. The molecular formula is C15H26N4O3. The van der Waals surface area contributed by atoms with Gasteiger partial charge in [-0.25, -0.2) is 0 Å². The summed E-state index contributed by atoms with van der Waals surface area (Å²) in [5, 5.41) is 7.26. The molecule has 0 radical (unpaired) electrons. The third kappa shape index (κ3) is 5.06. The van der Waals surface area contributed by atoms with Crippen molar-refractivity contribution >= 4 is 5.91 Å². The number of carbonyl (C=O) groups excluding carboxylic acids is 1. The molecule has 1 amide bonds. The maximum atomic E-state index is 12.4. The summed E-state index contributed by atoms with van der Waals surface area (Å²) in [6.45, 7) is 9.28. The Labute approximate surface area is 131 Å². The Hall–Kier alpha value is -1.47. The lowest BCUT2D eigenvalue weighted by molar-refractivity contribution is -0.133. The highest BCUT2D eigenvalue weighted by atomic mass is 16.5. The average Bonchev–Trinajstić information content (AvgIpc) is 2.92. The minimum absolute atomic E-state index is 0.0840. The molecule has 0 saturated carbocycles. The van der Waals surface area contributed by atoms with E-state index in [1.165, 1.54) is 0 Å². The van der Waals surface area contributed by atoms with Gasteiger partial charge in [0, 0.05) is 32.0 Å². The summed E-state index contributed by atoms with van der Waals surface area (Å²) >= 11 is 0. The van der Waals surface area contributed by atoms with Crippen molar-refractivity contribution < 1.29 is 14.1 Å². The molecule has 0 spiro atoms. The standard InChI is InChI=1S/C15H26N4O3/c1-4-19(15(20)8-12-10-21-6-5-16-12)9-13-17-14(22-18-13)7-11(2)3/h11-12,16H,4-10H2,1-3H3. The summed E-state index contributed by atoms with van der Waals surface area (Å²) in [4.78, 5) is 18.5. The number of morpholine rings is 1. The molecule has 2 rings (SSSR count). The van der Waals surface area contributed by atoms with Crippen LogP contribution in [0.15, 0.2) is 4.52 Å². The van der Waals surface area contributed by atoms with Gasteiger partial charge in [0.25, 0.3) is 0 Å². The van der Waals surface area contributed by atoms with Crippen molar-refractivity contribution in [3.05, 3.63) is 11.7 Å². The molecule has 1 saturated heterocycles. The molecule has 1 N–H and O–H groups in total. The van der Waals surface area contributed by atoms with Crippen LogP contribution in [-0.4, -0.2) is 53.3 Å². The first-order chi connectivity index (χ1) is 10.6. The predicted octanol–water partition coefficient (Wildman–Crippen LogP) is 0.995. The lowest BCUT2D eigenvalue weighted by Gasteiger charge is -2.26. The quantitative estimate of drug-likeness (QED) is 0.809. The van der Waals surface area contributed by atoms with Gasteiger partial charge in [0.2, 0.25) is 11.8 Å². The first kappa shape index (κ1) is 16.9. The van der Waals surface area contributed by atoms with Crippen molar-refractivity contribution in [2.75, 3.05) is 26.3 Å². The van der Waals surface area contributed by atoms with E-state index in [0.717, 1.165) is 13.0 Å². The van der Waals surface area contributed by atoms with E-state index < -0.39 is 0 Å². The van der Waals surface area contributed by atoms with Crippen LogP contribution in [0, 0.1) is 5.92 Å². The van der Waals surface area contributed by atoms with Crippen LogP contribution in [0.1, 0.15) is 38.9 Å². The molecule has 0 aliphatic carbocycles. The van der Waals surface area contributed by atoms with Gasteiger partial charge in [-0.2, -0.15) is 4.98 Å². The second-order valence-electron chi connectivity index (χ2n) is 6.04. The summed E-state index contributed by atoms with van der Waals surface area (Å²) in [5.41, 5.74) is 0. The fraction of sp³-hybridized carbons (Fsp3) is 0.800. The van der Waals surface area contributed by atoms with E-state index in [1.54, 1.807) is 4.90 Å². The van der Waals surface area contributed by atoms with Gasteiger partial charge in [0.1, 0.15) is 0 Å². The molecule has 2 heterocycles. The summed E-state index contributed by atoms with van der Waals surface area (Å²) in [6.07, 6.45) is 1.20. The SMILES string of the molecule is CCN(Cc1noc(CC(C)C)n1)C(=O)CC1COCCN1. The monoisotopic (exact) mass is 310 g/mol. The van der Waals surface area contributed by atoms with Gasteiger partial charge in [-0.1, -0.05) is 19.0 Å². The fourth-order valence-electron chi connectivity index (χ4n) is 2.42. The van der Waals surface area contributed by atoms with Gasteiger partial charge in [0.05, 0.1) is 19.8 Å². The molecule has 1 aromatic heterocycles. The Bertz CT molecular complexity index is 469. The van der Waals surface area contributed by atoms with Crippen LogP contribution >= 0.6 is 0 Å². The minimum atomic E-state index is 0.0840. The smallest absolute Gasteiger partial charge is 0.226 e. The number of amides is 1. The van der Waals surface area contributed by atoms with E-state index in [9.17, 15) is 4.79 Å². The van der Waals surface area contributed by atoms with E-state index in [2.05, 4.69) is 29.3 Å². The predicted molar refractivity (Wildman–Crippen MR) is 81.2 cm³/mol. The summed E-state index contributed by atoms with van der Waals surface area (Å²) < 4.78 is 10.6. The summed E-state index contributed by atoms with van der Waals surface area (Å²) in [7, 11) is 0. The largest absolute Gasteiger partial charge is 0.378 e. The van der Waals surface area contributed by atoms with E-state index in [4.69, 9.17) is 9.26 Å². The van der Waals surface area contributed by atoms with Crippen LogP contribution in [0.4, 0.5) is 0 Å². The second-order valence-corrected chi connectivity index (χ2v) is 6.04. The second kappa shape index (κ2) is 8.24. The molecule has 1 fully saturated rings. The summed E-state index contributed by atoms with van der Waals surface area (Å²) in [6, 6.07) is 0.0945. The number of ether oxygens (including phenoxy) is 1. The number of aromatic nitrogens is 2. The van der Waals surface area contributed by atoms with Gasteiger partial charge >= 0.3 is 0 Å². The highest BCUT2D eigenvalue weighted by molar-refractivity contribution is 5.76. The highest BCUT2D eigenvalue weighted by Crippen LogP contribution is 2.09. The zero-order valence-corrected chi connectivity index (χ0v) is 13.7. The van der Waals surface area contributed by atoms with Crippen LogP contribution in [0.3, 0.4) is 0 Å². The molecule has 0 aromatic carbocycles. The molecule has 22 heavy (non-hydrogen) atoms.